The lowest BCUT2D eigenvalue weighted by Crippen LogP contribution is -2.20. The smallest absolute Gasteiger partial charge is 0.307 e. The first-order valence-electron chi connectivity index (χ1n) is 7.25. The van der Waals surface area contributed by atoms with Gasteiger partial charge in [0.2, 0.25) is 0 Å². The zero-order valence-electron chi connectivity index (χ0n) is 13.1. The summed E-state index contributed by atoms with van der Waals surface area (Å²) in [6.07, 6.45) is -0.0378. The van der Waals surface area contributed by atoms with Crippen molar-refractivity contribution in [3.05, 3.63) is 59.2 Å². The molecule has 0 aliphatic rings. The van der Waals surface area contributed by atoms with Crippen LogP contribution in [0.25, 0.3) is 0 Å². The van der Waals surface area contributed by atoms with Crippen LogP contribution in [0.4, 0.5) is 5.69 Å². The van der Waals surface area contributed by atoms with Crippen molar-refractivity contribution in [2.75, 3.05) is 11.9 Å². The molecule has 0 heterocycles. The van der Waals surface area contributed by atoms with Gasteiger partial charge in [-0.1, -0.05) is 30.3 Å². The van der Waals surface area contributed by atoms with Crippen molar-refractivity contribution in [1.82, 2.24) is 0 Å². The van der Waals surface area contributed by atoms with Gasteiger partial charge in [-0.2, -0.15) is 0 Å². The van der Waals surface area contributed by atoms with E-state index in [2.05, 4.69) is 5.32 Å². The second-order valence-electron chi connectivity index (χ2n) is 5.33. The highest BCUT2D eigenvalue weighted by Gasteiger charge is 2.08. The number of amides is 1. The van der Waals surface area contributed by atoms with Gasteiger partial charge in [-0.05, 0) is 42.7 Å². The molecule has 1 amide bonds. The van der Waals surface area contributed by atoms with Gasteiger partial charge in [-0.25, -0.2) is 0 Å². The van der Waals surface area contributed by atoms with E-state index < -0.39 is 5.97 Å². The molecule has 0 unspecified atom stereocenters. The third-order valence-corrected chi connectivity index (χ3v) is 3.35. The monoisotopic (exact) mass is 313 g/mol. The van der Waals surface area contributed by atoms with Gasteiger partial charge in [0.05, 0.1) is 6.42 Å². The lowest BCUT2D eigenvalue weighted by atomic mass is 10.1. The number of carbonyl (C=O) groups excluding carboxylic acids is 1. The maximum absolute atomic E-state index is 11.9. The van der Waals surface area contributed by atoms with Gasteiger partial charge >= 0.3 is 5.97 Å². The van der Waals surface area contributed by atoms with E-state index >= 15 is 0 Å². The molecule has 5 heteroatoms. The number of hydrogen-bond donors (Lipinski definition) is 2. The predicted octanol–water partition coefficient (Wildman–Crippen LogP) is 2.95. The summed E-state index contributed by atoms with van der Waals surface area (Å²) >= 11 is 0. The minimum Gasteiger partial charge on any atom is -0.483 e. The van der Waals surface area contributed by atoms with Crippen molar-refractivity contribution < 1.29 is 19.4 Å². The van der Waals surface area contributed by atoms with E-state index in [1.165, 1.54) is 0 Å². The molecule has 0 bridgehead atoms. The first kappa shape index (κ1) is 16.5. The molecule has 120 valence electrons. The Kier molecular flexibility index (Phi) is 5.36. The molecule has 2 aromatic rings. The molecule has 23 heavy (non-hydrogen) atoms. The van der Waals surface area contributed by atoms with E-state index in [1.807, 2.05) is 32.0 Å². The summed E-state index contributed by atoms with van der Waals surface area (Å²) in [4.78, 5) is 22.6. The number of nitrogens with one attached hydrogen (secondary N) is 1. The van der Waals surface area contributed by atoms with Crippen LogP contribution in [0.5, 0.6) is 5.75 Å². The molecule has 0 saturated carbocycles. The highest BCUT2D eigenvalue weighted by atomic mass is 16.5. The Balaban J connectivity index is 1.91. The molecule has 0 radical (unpaired) electrons. The number of carboxylic acid groups (broad SMARTS) is 1. The molecule has 0 aliphatic carbocycles. The molecular formula is C18H19NO4. The Morgan fingerprint density at radius 2 is 1.65 bits per heavy atom. The van der Waals surface area contributed by atoms with Crippen LogP contribution in [0.1, 0.15) is 16.7 Å². The quantitative estimate of drug-likeness (QED) is 0.859. The molecule has 5 nitrogen and oxygen atoms in total. The molecule has 2 N–H and O–H groups in total. The zero-order valence-corrected chi connectivity index (χ0v) is 13.1. The van der Waals surface area contributed by atoms with Crippen LogP contribution in [0.3, 0.4) is 0 Å². The van der Waals surface area contributed by atoms with E-state index in [4.69, 9.17) is 9.84 Å². The average molecular weight is 313 g/mol. The van der Waals surface area contributed by atoms with Gasteiger partial charge < -0.3 is 15.2 Å². The summed E-state index contributed by atoms with van der Waals surface area (Å²) in [7, 11) is 0. The van der Waals surface area contributed by atoms with E-state index in [9.17, 15) is 9.59 Å². The molecule has 0 saturated heterocycles. The standard InChI is InChI=1S/C18H19NO4/c1-12-4-3-5-13(2)18(12)23-11-16(20)19-15-8-6-14(7-9-15)10-17(21)22/h3-9H,10-11H2,1-2H3,(H,19,20)(H,21,22). The number of anilines is 1. The van der Waals surface area contributed by atoms with Crippen LogP contribution in [0.15, 0.2) is 42.5 Å². The van der Waals surface area contributed by atoms with Crippen LogP contribution in [0, 0.1) is 13.8 Å². The first-order chi connectivity index (χ1) is 11.0. The lowest BCUT2D eigenvalue weighted by molar-refractivity contribution is -0.136. The van der Waals surface area contributed by atoms with E-state index in [1.54, 1.807) is 24.3 Å². The molecule has 0 aromatic heterocycles. The Hall–Kier alpha value is -2.82. The van der Waals surface area contributed by atoms with Gasteiger partial charge in [0, 0.05) is 5.69 Å². The van der Waals surface area contributed by atoms with E-state index in [-0.39, 0.29) is 18.9 Å². The Labute approximate surface area is 134 Å². The molecule has 0 aliphatic heterocycles. The number of carboxylic acids is 1. The normalized spacial score (nSPS) is 10.2. The Bertz CT molecular complexity index is 687. The maximum Gasteiger partial charge on any atom is 0.307 e. The fraction of sp³-hybridized carbons (Fsp3) is 0.222. The Morgan fingerprint density at radius 1 is 1.04 bits per heavy atom. The van der Waals surface area contributed by atoms with E-state index in [0.29, 0.717) is 11.3 Å². The van der Waals surface area contributed by atoms with E-state index in [0.717, 1.165) is 16.9 Å². The summed E-state index contributed by atoms with van der Waals surface area (Å²) in [5.41, 5.74) is 3.25. The highest BCUT2D eigenvalue weighted by molar-refractivity contribution is 5.91. The second-order valence-corrected chi connectivity index (χ2v) is 5.33. The fourth-order valence-electron chi connectivity index (χ4n) is 2.24. The maximum atomic E-state index is 11.9. The second kappa shape index (κ2) is 7.45. The topological polar surface area (TPSA) is 75.6 Å². The Morgan fingerprint density at radius 3 is 2.22 bits per heavy atom. The van der Waals surface area contributed by atoms with Gasteiger partial charge in [0.1, 0.15) is 5.75 Å². The summed E-state index contributed by atoms with van der Waals surface area (Å²) in [6, 6.07) is 12.5. The summed E-state index contributed by atoms with van der Waals surface area (Å²) < 4.78 is 5.59. The van der Waals surface area contributed by atoms with Crippen LogP contribution >= 0.6 is 0 Å². The lowest BCUT2D eigenvalue weighted by Gasteiger charge is -2.12. The first-order valence-corrected chi connectivity index (χ1v) is 7.25. The number of hydrogen-bond acceptors (Lipinski definition) is 3. The average Bonchev–Trinajstić information content (AvgIpc) is 2.48. The predicted molar refractivity (Wildman–Crippen MR) is 87.8 cm³/mol. The molecular weight excluding hydrogens is 294 g/mol. The van der Waals surface area contributed by atoms with Gasteiger partial charge in [0.15, 0.2) is 6.61 Å². The molecule has 0 atom stereocenters. The largest absolute Gasteiger partial charge is 0.483 e. The minimum absolute atomic E-state index is 0.0378. The number of carbonyl (C=O) groups is 2. The van der Waals surface area contributed by atoms with Gasteiger partial charge in [0.25, 0.3) is 5.91 Å². The summed E-state index contributed by atoms with van der Waals surface area (Å²) in [6.45, 7) is 3.78. The molecule has 0 spiro atoms. The van der Waals surface area contributed by atoms with Crippen molar-refractivity contribution in [3.63, 3.8) is 0 Å². The van der Waals surface area contributed by atoms with Crippen molar-refractivity contribution in [2.45, 2.75) is 20.3 Å². The van der Waals surface area contributed by atoms with Crippen molar-refractivity contribution in [2.24, 2.45) is 0 Å². The number of aliphatic carboxylic acids is 1. The third kappa shape index (κ3) is 4.85. The third-order valence-electron chi connectivity index (χ3n) is 3.35. The highest BCUT2D eigenvalue weighted by Crippen LogP contribution is 2.22. The number of benzene rings is 2. The number of aryl methyl sites for hydroxylation is 2. The number of ether oxygens (including phenoxy) is 1. The van der Waals surface area contributed by atoms with Gasteiger partial charge in [-0.3, -0.25) is 9.59 Å². The van der Waals surface area contributed by atoms with Crippen LogP contribution < -0.4 is 10.1 Å². The number of rotatable bonds is 6. The molecule has 0 fully saturated rings. The summed E-state index contributed by atoms with van der Waals surface area (Å²) in [5.74, 6) is -0.429. The molecule has 2 rings (SSSR count). The summed E-state index contributed by atoms with van der Waals surface area (Å²) in [5, 5.41) is 11.4. The van der Waals surface area contributed by atoms with Crippen molar-refractivity contribution in [1.29, 1.82) is 0 Å². The zero-order chi connectivity index (χ0) is 16.8. The minimum atomic E-state index is -0.885. The SMILES string of the molecule is Cc1cccc(C)c1OCC(=O)Nc1ccc(CC(=O)O)cc1. The van der Waals surface area contributed by atoms with Crippen LogP contribution in [-0.2, 0) is 16.0 Å². The fourth-order valence-corrected chi connectivity index (χ4v) is 2.24. The van der Waals surface area contributed by atoms with Crippen molar-refractivity contribution >= 4 is 17.6 Å². The van der Waals surface area contributed by atoms with Gasteiger partial charge in [-0.15, -0.1) is 0 Å². The number of para-hydroxylation sites is 1. The van der Waals surface area contributed by atoms with Crippen molar-refractivity contribution in [3.8, 4) is 5.75 Å². The van der Waals surface area contributed by atoms with Crippen LogP contribution in [0.2, 0.25) is 0 Å². The molecule has 2 aromatic carbocycles. The van der Waals surface area contributed by atoms with Crippen LogP contribution in [-0.4, -0.2) is 23.6 Å².